The van der Waals surface area contributed by atoms with Gasteiger partial charge in [-0.25, -0.2) is 14.8 Å². The standard InChI is InChI=1S/C24H26N4O3/c1-14-18(24(29)30)9-10-19(23(14)31-3)20-12-21(16-6-4-5-7-16)28(27-20)22-11-8-17(13-25)15(2)26-22/h8-11,16,21H,4-7,12H2,1-3H3,(H,29,30). The fraction of sp³-hybridized carbons (Fsp3) is 0.417. The number of pyridine rings is 1. The molecule has 2 aromatic rings. The molecule has 1 atom stereocenters. The van der Waals surface area contributed by atoms with Crippen molar-refractivity contribution in [3.05, 3.63) is 52.2 Å². The van der Waals surface area contributed by atoms with Crippen LogP contribution in [0.3, 0.4) is 0 Å². The number of ether oxygens (including phenoxy) is 1. The van der Waals surface area contributed by atoms with Crippen molar-refractivity contribution in [1.82, 2.24) is 4.98 Å². The first-order chi connectivity index (χ1) is 14.9. The molecule has 1 aromatic heterocycles. The lowest BCUT2D eigenvalue weighted by Gasteiger charge is -2.27. The molecule has 7 heteroatoms. The van der Waals surface area contributed by atoms with Crippen LogP contribution in [0.15, 0.2) is 29.4 Å². The molecular weight excluding hydrogens is 392 g/mol. The fourth-order valence-electron chi connectivity index (χ4n) is 4.83. The first kappa shape index (κ1) is 20.9. The highest BCUT2D eigenvalue weighted by Gasteiger charge is 2.37. The van der Waals surface area contributed by atoms with Crippen LogP contribution in [0.2, 0.25) is 0 Å². The zero-order valence-corrected chi connectivity index (χ0v) is 18.1. The number of aromatic carboxylic acids is 1. The number of carbonyl (C=O) groups is 1. The average molecular weight is 418 g/mol. The van der Waals surface area contributed by atoms with Gasteiger partial charge in [0.25, 0.3) is 0 Å². The number of nitriles is 1. The average Bonchev–Trinajstić information content (AvgIpc) is 3.43. The molecule has 7 nitrogen and oxygen atoms in total. The summed E-state index contributed by atoms with van der Waals surface area (Å²) < 4.78 is 5.62. The van der Waals surface area contributed by atoms with E-state index < -0.39 is 5.97 Å². The highest BCUT2D eigenvalue weighted by molar-refractivity contribution is 6.06. The number of hydrogen-bond acceptors (Lipinski definition) is 6. The van der Waals surface area contributed by atoms with Gasteiger partial charge in [-0.1, -0.05) is 12.8 Å². The maximum atomic E-state index is 11.5. The van der Waals surface area contributed by atoms with E-state index in [-0.39, 0.29) is 11.6 Å². The Morgan fingerprint density at radius 1 is 1.23 bits per heavy atom. The van der Waals surface area contributed by atoms with Crippen molar-refractivity contribution in [2.24, 2.45) is 11.0 Å². The van der Waals surface area contributed by atoms with Crippen LogP contribution in [-0.2, 0) is 0 Å². The number of aryl methyl sites for hydroxylation is 1. The number of nitrogens with zero attached hydrogens (tertiary/aromatic N) is 4. The Morgan fingerprint density at radius 3 is 2.58 bits per heavy atom. The van der Waals surface area contributed by atoms with Crippen LogP contribution in [0.25, 0.3) is 0 Å². The van der Waals surface area contributed by atoms with E-state index in [1.807, 2.05) is 18.0 Å². The molecule has 4 rings (SSSR count). The maximum Gasteiger partial charge on any atom is 0.336 e. The number of carboxylic acid groups (broad SMARTS) is 1. The summed E-state index contributed by atoms with van der Waals surface area (Å²) in [5.41, 5.74) is 3.77. The molecule has 2 heterocycles. The predicted molar refractivity (Wildman–Crippen MR) is 118 cm³/mol. The normalized spacial score (nSPS) is 18.7. The molecule has 1 unspecified atom stereocenters. The molecule has 1 saturated carbocycles. The van der Waals surface area contributed by atoms with E-state index in [4.69, 9.17) is 9.84 Å². The second-order valence-electron chi connectivity index (χ2n) is 8.25. The van der Waals surface area contributed by atoms with Crippen molar-refractivity contribution >= 4 is 17.5 Å². The number of carboxylic acids is 1. The van der Waals surface area contributed by atoms with Gasteiger partial charge in [0.2, 0.25) is 0 Å². The molecule has 2 aliphatic rings. The molecule has 1 aromatic carbocycles. The highest BCUT2D eigenvalue weighted by Crippen LogP contribution is 2.39. The monoisotopic (exact) mass is 418 g/mol. The molecule has 1 aliphatic carbocycles. The molecule has 1 N–H and O–H groups in total. The van der Waals surface area contributed by atoms with Crippen LogP contribution in [0.1, 0.15) is 64.8 Å². The lowest BCUT2D eigenvalue weighted by molar-refractivity contribution is 0.0695. The fourth-order valence-corrected chi connectivity index (χ4v) is 4.83. The van der Waals surface area contributed by atoms with Crippen molar-refractivity contribution in [2.75, 3.05) is 12.1 Å². The Bertz CT molecular complexity index is 1100. The second-order valence-corrected chi connectivity index (χ2v) is 8.25. The van der Waals surface area contributed by atoms with Crippen molar-refractivity contribution < 1.29 is 14.6 Å². The summed E-state index contributed by atoms with van der Waals surface area (Å²) in [5, 5.41) is 25.7. The summed E-state index contributed by atoms with van der Waals surface area (Å²) in [6.07, 6.45) is 5.51. The van der Waals surface area contributed by atoms with Crippen LogP contribution in [0.4, 0.5) is 5.82 Å². The topological polar surface area (TPSA) is 98.8 Å². The molecule has 31 heavy (non-hydrogen) atoms. The van der Waals surface area contributed by atoms with E-state index in [0.29, 0.717) is 28.5 Å². The third-order valence-electron chi connectivity index (χ3n) is 6.47. The summed E-state index contributed by atoms with van der Waals surface area (Å²) >= 11 is 0. The molecule has 0 spiro atoms. The Morgan fingerprint density at radius 2 is 1.97 bits per heavy atom. The number of methoxy groups -OCH3 is 1. The van der Waals surface area contributed by atoms with Gasteiger partial charge in [0, 0.05) is 17.5 Å². The second kappa shape index (κ2) is 8.38. The van der Waals surface area contributed by atoms with Gasteiger partial charge < -0.3 is 9.84 Å². The van der Waals surface area contributed by atoms with Crippen molar-refractivity contribution in [3.63, 3.8) is 0 Å². The zero-order valence-electron chi connectivity index (χ0n) is 18.1. The summed E-state index contributed by atoms with van der Waals surface area (Å²) in [6, 6.07) is 9.42. The van der Waals surface area contributed by atoms with Gasteiger partial charge in [-0.2, -0.15) is 10.4 Å². The number of benzene rings is 1. The largest absolute Gasteiger partial charge is 0.496 e. The summed E-state index contributed by atoms with van der Waals surface area (Å²) in [4.78, 5) is 16.2. The van der Waals surface area contributed by atoms with E-state index in [1.54, 1.807) is 32.2 Å². The Balaban J connectivity index is 1.78. The van der Waals surface area contributed by atoms with Crippen LogP contribution in [-0.4, -0.2) is 34.9 Å². The number of aromatic nitrogens is 1. The SMILES string of the molecule is COc1c(C2=NN(c3ccc(C#N)c(C)n3)C(C3CCCC3)C2)ccc(C(=O)O)c1C. The van der Waals surface area contributed by atoms with Gasteiger partial charge in [-0.15, -0.1) is 0 Å². The van der Waals surface area contributed by atoms with Crippen molar-refractivity contribution in [2.45, 2.75) is 52.0 Å². The quantitative estimate of drug-likeness (QED) is 0.770. The Labute approximate surface area is 182 Å². The number of hydrazone groups is 1. The number of rotatable bonds is 5. The van der Waals surface area contributed by atoms with Crippen LogP contribution >= 0.6 is 0 Å². The van der Waals surface area contributed by atoms with E-state index in [0.717, 1.165) is 36.4 Å². The van der Waals surface area contributed by atoms with E-state index in [1.165, 1.54) is 12.8 Å². The van der Waals surface area contributed by atoms with E-state index in [2.05, 4.69) is 11.1 Å². The predicted octanol–water partition coefficient (Wildman–Crippen LogP) is 4.45. The van der Waals surface area contributed by atoms with Gasteiger partial charge in [-0.05, 0) is 56.9 Å². The lowest BCUT2D eigenvalue weighted by Crippen LogP contribution is -2.33. The summed E-state index contributed by atoms with van der Waals surface area (Å²) in [6.45, 7) is 3.60. The third-order valence-corrected chi connectivity index (χ3v) is 6.47. The Kier molecular flexibility index (Phi) is 5.64. The zero-order chi connectivity index (χ0) is 22.1. The van der Waals surface area contributed by atoms with E-state index in [9.17, 15) is 15.2 Å². The third kappa shape index (κ3) is 3.74. The van der Waals surface area contributed by atoms with Crippen LogP contribution in [0, 0.1) is 31.1 Å². The molecule has 0 radical (unpaired) electrons. The van der Waals surface area contributed by atoms with Crippen LogP contribution < -0.4 is 9.75 Å². The van der Waals surface area contributed by atoms with Gasteiger partial charge in [0.15, 0.2) is 0 Å². The summed E-state index contributed by atoms with van der Waals surface area (Å²) in [7, 11) is 1.56. The highest BCUT2D eigenvalue weighted by atomic mass is 16.5. The molecule has 0 saturated heterocycles. The minimum atomic E-state index is -0.974. The van der Waals surface area contributed by atoms with Gasteiger partial charge in [-0.3, -0.25) is 0 Å². The first-order valence-electron chi connectivity index (χ1n) is 10.6. The maximum absolute atomic E-state index is 11.5. The minimum Gasteiger partial charge on any atom is -0.496 e. The van der Waals surface area contributed by atoms with Crippen molar-refractivity contribution in [1.29, 1.82) is 5.26 Å². The molecular formula is C24H26N4O3. The van der Waals surface area contributed by atoms with Crippen molar-refractivity contribution in [3.8, 4) is 11.8 Å². The molecule has 0 amide bonds. The molecule has 160 valence electrons. The summed E-state index contributed by atoms with van der Waals surface area (Å²) in [5.74, 6) is 0.832. The lowest BCUT2D eigenvalue weighted by atomic mass is 9.91. The number of anilines is 1. The molecule has 0 bridgehead atoms. The van der Waals surface area contributed by atoms with Gasteiger partial charge in [0.05, 0.1) is 35.7 Å². The molecule has 1 fully saturated rings. The number of hydrogen-bond donors (Lipinski definition) is 1. The van der Waals surface area contributed by atoms with Crippen LogP contribution in [0.5, 0.6) is 5.75 Å². The van der Waals surface area contributed by atoms with Gasteiger partial charge in [0.1, 0.15) is 17.6 Å². The smallest absolute Gasteiger partial charge is 0.336 e. The van der Waals surface area contributed by atoms with Gasteiger partial charge >= 0.3 is 5.97 Å². The first-order valence-corrected chi connectivity index (χ1v) is 10.6. The Hall–Kier alpha value is -3.40. The minimum absolute atomic E-state index is 0.182. The van der Waals surface area contributed by atoms with E-state index >= 15 is 0 Å². The molecule has 1 aliphatic heterocycles.